The summed E-state index contributed by atoms with van der Waals surface area (Å²) < 4.78 is 0. The first-order chi connectivity index (χ1) is 13.0. The highest BCUT2D eigenvalue weighted by Gasteiger charge is 2.18. The van der Waals surface area contributed by atoms with E-state index in [0.29, 0.717) is 12.1 Å². The number of nitrogens with one attached hydrogen (secondary N) is 1. The number of para-hydroxylation sites is 1. The van der Waals surface area contributed by atoms with Gasteiger partial charge in [-0.2, -0.15) is 0 Å². The van der Waals surface area contributed by atoms with Crippen LogP contribution in [0.1, 0.15) is 34.3 Å². The van der Waals surface area contributed by atoms with Gasteiger partial charge in [0, 0.05) is 37.9 Å². The Morgan fingerprint density at radius 1 is 1.07 bits per heavy atom. The van der Waals surface area contributed by atoms with Crippen LogP contribution in [-0.4, -0.2) is 43.4 Å². The van der Waals surface area contributed by atoms with Crippen LogP contribution in [0.3, 0.4) is 0 Å². The van der Waals surface area contributed by atoms with Crippen molar-refractivity contribution in [3.05, 3.63) is 65.2 Å². The fourth-order valence-electron chi connectivity index (χ4n) is 3.43. The average molecular weight is 365 g/mol. The van der Waals surface area contributed by atoms with E-state index in [9.17, 15) is 9.59 Å². The third-order valence-electron chi connectivity index (χ3n) is 4.95. The maximum atomic E-state index is 12.5. The summed E-state index contributed by atoms with van der Waals surface area (Å²) in [6, 6.07) is 15.6. The molecule has 1 fully saturated rings. The van der Waals surface area contributed by atoms with E-state index in [4.69, 9.17) is 0 Å². The summed E-state index contributed by atoms with van der Waals surface area (Å²) in [5.74, 6) is -0.329. The van der Waals surface area contributed by atoms with E-state index < -0.39 is 0 Å². The number of hydrogen-bond acceptors (Lipinski definition) is 3. The van der Waals surface area contributed by atoms with Crippen molar-refractivity contribution < 1.29 is 9.59 Å². The number of carbonyl (C=O) groups is 2. The van der Waals surface area contributed by atoms with E-state index in [2.05, 4.69) is 22.3 Å². The smallest absolute Gasteiger partial charge is 0.251 e. The van der Waals surface area contributed by atoms with E-state index >= 15 is 0 Å². The molecule has 1 aliphatic heterocycles. The van der Waals surface area contributed by atoms with Gasteiger partial charge in [0.1, 0.15) is 0 Å². The normalized spacial score (nSPS) is 13.5. The molecule has 5 heteroatoms. The van der Waals surface area contributed by atoms with E-state index in [1.807, 2.05) is 37.3 Å². The molecule has 1 N–H and O–H groups in total. The standard InChI is InChI=1S/C22H27N3O2/c1-17-8-7-10-18(14-17)22(27)23-15-21(26)24(2)16-19-9-3-4-11-20(19)25-12-5-6-13-25/h3-4,7-11,14H,5-6,12-13,15-16H2,1-2H3,(H,23,27). The average Bonchev–Trinajstić information content (AvgIpc) is 3.20. The molecule has 27 heavy (non-hydrogen) atoms. The Balaban J connectivity index is 1.57. The van der Waals surface area contributed by atoms with Gasteiger partial charge >= 0.3 is 0 Å². The number of nitrogens with zero attached hydrogens (tertiary/aromatic N) is 2. The monoisotopic (exact) mass is 365 g/mol. The van der Waals surface area contributed by atoms with Gasteiger partial charge in [0.15, 0.2) is 0 Å². The number of hydrogen-bond donors (Lipinski definition) is 1. The van der Waals surface area contributed by atoms with Gasteiger partial charge in [-0.25, -0.2) is 0 Å². The van der Waals surface area contributed by atoms with Crippen molar-refractivity contribution in [2.75, 3.05) is 31.6 Å². The van der Waals surface area contributed by atoms with Gasteiger partial charge in [-0.15, -0.1) is 0 Å². The van der Waals surface area contributed by atoms with Gasteiger partial charge in [0.05, 0.1) is 6.54 Å². The minimum absolute atomic E-state index is 0.00481. The molecule has 0 bridgehead atoms. The van der Waals surface area contributed by atoms with Crippen LogP contribution in [0.15, 0.2) is 48.5 Å². The van der Waals surface area contributed by atoms with E-state index in [0.717, 1.165) is 24.2 Å². The topological polar surface area (TPSA) is 52.7 Å². The number of carbonyl (C=O) groups excluding carboxylic acids is 2. The van der Waals surface area contributed by atoms with Gasteiger partial charge in [-0.3, -0.25) is 9.59 Å². The lowest BCUT2D eigenvalue weighted by molar-refractivity contribution is -0.129. The lowest BCUT2D eigenvalue weighted by Crippen LogP contribution is -2.38. The summed E-state index contributed by atoms with van der Waals surface area (Å²) in [6.07, 6.45) is 2.43. The molecule has 1 heterocycles. The molecule has 2 amide bonds. The van der Waals surface area contributed by atoms with Crippen molar-refractivity contribution in [2.45, 2.75) is 26.3 Å². The lowest BCUT2D eigenvalue weighted by atomic mass is 10.1. The zero-order valence-corrected chi connectivity index (χ0v) is 16.1. The first-order valence-electron chi connectivity index (χ1n) is 9.46. The molecule has 0 spiro atoms. The van der Waals surface area contributed by atoms with Crippen molar-refractivity contribution >= 4 is 17.5 Å². The predicted octanol–water partition coefficient (Wildman–Crippen LogP) is 2.98. The molecule has 5 nitrogen and oxygen atoms in total. The van der Waals surface area contributed by atoms with Gasteiger partial charge in [-0.1, -0.05) is 35.9 Å². The summed E-state index contributed by atoms with van der Waals surface area (Å²) >= 11 is 0. The van der Waals surface area contributed by atoms with Crippen molar-refractivity contribution in [3.8, 4) is 0 Å². The zero-order valence-electron chi connectivity index (χ0n) is 16.1. The highest BCUT2D eigenvalue weighted by molar-refractivity contribution is 5.96. The largest absolute Gasteiger partial charge is 0.371 e. The van der Waals surface area contributed by atoms with Crippen LogP contribution < -0.4 is 10.2 Å². The highest BCUT2D eigenvalue weighted by atomic mass is 16.2. The Morgan fingerprint density at radius 2 is 1.81 bits per heavy atom. The highest BCUT2D eigenvalue weighted by Crippen LogP contribution is 2.25. The van der Waals surface area contributed by atoms with Crippen LogP contribution in [0.2, 0.25) is 0 Å². The number of likely N-dealkylation sites (N-methyl/N-ethyl adjacent to an activating group) is 1. The summed E-state index contributed by atoms with van der Waals surface area (Å²) in [5, 5.41) is 2.72. The molecule has 0 radical (unpaired) electrons. The number of benzene rings is 2. The number of aryl methyl sites for hydroxylation is 1. The molecule has 3 rings (SSSR count). The predicted molar refractivity (Wildman–Crippen MR) is 108 cm³/mol. The van der Waals surface area contributed by atoms with E-state index in [1.165, 1.54) is 18.5 Å². The molecule has 1 saturated heterocycles. The van der Waals surface area contributed by atoms with Crippen molar-refractivity contribution in [3.63, 3.8) is 0 Å². The van der Waals surface area contributed by atoms with Crippen LogP contribution in [0, 0.1) is 6.92 Å². The zero-order chi connectivity index (χ0) is 19.2. The number of rotatable bonds is 6. The molecule has 0 atom stereocenters. The molecule has 142 valence electrons. The van der Waals surface area contributed by atoms with Crippen molar-refractivity contribution in [1.82, 2.24) is 10.2 Å². The van der Waals surface area contributed by atoms with Gasteiger partial charge in [0.2, 0.25) is 5.91 Å². The third kappa shape index (κ3) is 4.88. The maximum Gasteiger partial charge on any atom is 0.251 e. The van der Waals surface area contributed by atoms with Crippen LogP contribution in [0.5, 0.6) is 0 Å². The molecule has 0 saturated carbocycles. The van der Waals surface area contributed by atoms with Crippen LogP contribution in [0.25, 0.3) is 0 Å². The Morgan fingerprint density at radius 3 is 2.56 bits per heavy atom. The SMILES string of the molecule is Cc1cccc(C(=O)NCC(=O)N(C)Cc2ccccc2N2CCCC2)c1. The molecule has 0 unspecified atom stereocenters. The number of anilines is 1. The molecule has 2 aromatic rings. The number of amides is 2. The second-order valence-electron chi connectivity index (χ2n) is 7.12. The van der Waals surface area contributed by atoms with Gasteiger partial charge in [-0.05, 0) is 43.5 Å². The molecule has 1 aliphatic rings. The van der Waals surface area contributed by atoms with Crippen molar-refractivity contribution in [1.29, 1.82) is 0 Å². The maximum absolute atomic E-state index is 12.5. The van der Waals surface area contributed by atoms with Gasteiger partial charge in [0.25, 0.3) is 5.91 Å². The minimum Gasteiger partial charge on any atom is -0.371 e. The fourth-order valence-corrected chi connectivity index (χ4v) is 3.43. The Hall–Kier alpha value is -2.82. The second-order valence-corrected chi connectivity index (χ2v) is 7.12. The minimum atomic E-state index is -0.224. The summed E-state index contributed by atoms with van der Waals surface area (Å²) in [4.78, 5) is 28.8. The first-order valence-corrected chi connectivity index (χ1v) is 9.46. The summed E-state index contributed by atoms with van der Waals surface area (Å²) in [7, 11) is 1.78. The second kappa shape index (κ2) is 8.71. The van der Waals surface area contributed by atoms with E-state index in [1.54, 1.807) is 18.0 Å². The Labute approximate surface area is 161 Å². The molecule has 0 aliphatic carbocycles. The first kappa shape index (κ1) is 19.0. The molecule has 2 aromatic carbocycles. The molecule has 0 aromatic heterocycles. The summed E-state index contributed by atoms with van der Waals surface area (Å²) in [5.41, 5.74) is 3.94. The van der Waals surface area contributed by atoms with Gasteiger partial charge < -0.3 is 15.1 Å². The van der Waals surface area contributed by atoms with Crippen LogP contribution in [-0.2, 0) is 11.3 Å². The quantitative estimate of drug-likeness (QED) is 0.856. The molecular formula is C22H27N3O2. The Bertz CT molecular complexity index is 813. The van der Waals surface area contributed by atoms with E-state index in [-0.39, 0.29) is 18.4 Å². The lowest BCUT2D eigenvalue weighted by Gasteiger charge is -2.24. The van der Waals surface area contributed by atoms with Crippen LogP contribution in [0.4, 0.5) is 5.69 Å². The third-order valence-corrected chi connectivity index (χ3v) is 4.95. The summed E-state index contributed by atoms with van der Waals surface area (Å²) in [6.45, 7) is 4.61. The Kier molecular flexibility index (Phi) is 6.12. The van der Waals surface area contributed by atoms with Crippen LogP contribution >= 0.6 is 0 Å². The molecular weight excluding hydrogens is 338 g/mol. The fraction of sp³-hybridized carbons (Fsp3) is 0.364. The van der Waals surface area contributed by atoms with Crippen molar-refractivity contribution in [2.24, 2.45) is 0 Å².